The number of hydrogen-bond donors (Lipinski definition) is 0. The number of benzene rings is 3. The van der Waals surface area contributed by atoms with Crippen LogP contribution < -0.4 is 14.4 Å². The number of esters is 1. The van der Waals surface area contributed by atoms with E-state index >= 15 is 0 Å². The van der Waals surface area contributed by atoms with Crippen molar-refractivity contribution in [2.24, 2.45) is 0 Å². The number of hydrogen-bond acceptors (Lipinski definition) is 5. The van der Waals surface area contributed by atoms with E-state index in [1.807, 2.05) is 76.2 Å². The zero-order valence-corrected chi connectivity index (χ0v) is 20.4. The zero-order chi connectivity index (χ0) is 24.4. The molecule has 34 heavy (non-hydrogen) atoms. The van der Waals surface area contributed by atoms with Crippen molar-refractivity contribution in [1.82, 2.24) is 0 Å². The van der Waals surface area contributed by atoms with E-state index in [0.717, 1.165) is 33.3 Å². The standard InChI is InChI=1S/C28H31NO5/c1-6-32-24(30)15-19-11-13-20(14-12-19)29-16-23-25(28(29)31)27(34-18(4)5)22-10-8-7-9-21(22)26(23)33-17(2)3/h7-14,17-18H,6,15-16H2,1-5H3. The van der Waals surface area contributed by atoms with E-state index in [0.29, 0.717) is 24.5 Å². The molecule has 0 spiro atoms. The van der Waals surface area contributed by atoms with Crippen molar-refractivity contribution in [3.05, 3.63) is 65.2 Å². The van der Waals surface area contributed by atoms with Crippen molar-refractivity contribution >= 4 is 28.3 Å². The molecule has 0 bridgehead atoms. The number of amides is 1. The van der Waals surface area contributed by atoms with Crippen LogP contribution in [0, 0.1) is 0 Å². The second kappa shape index (κ2) is 9.75. The van der Waals surface area contributed by atoms with E-state index in [4.69, 9.17) is 14.2 Å². The molecule has 178 valence electrons. The van der Waals surface area contributed by atoms with Crippen LogP contribution in [0.4, 0.5) is 5.69 Å². The van der Waals surface area contributed by atoms with Crippen LogP contribution in [0.15, 0.2) is 48.5 Å². The molecule has 0 fully saturated rings. The number of anilines is 1. The topological polar surface area (TPSA) is 65.1 Å². The molecule has 6 nitrogen and oxygen atoms in total. The first-order chi connectivity index (χ1) is 16.3. The molecule has 0 atom stereocenters. The van der Waals surface area contributed by atoms with Crippen molar-refractivity contribution in [1.29, 1.82) is 0 Å². The Balaban J connectivity index is 1.77. The number of carbonyl (C=O) groups is 2. The maximum absolute atomic E-state index is 13.7. The molecular weight excluding hydrogens is 430 g/mol. The predicted octanol–water partition coefficient (Wildman–Crippen LogP) is 5.68. The highest BCUT2D eigenvalue weighted by molar-refractivity contribution is 6.16. The molecule has 6 heteroatoms. The van der Waals surface area contributed by atoms with E-state index in [1.54, 1.807) is 11.8 Å². The van der Waals surface area contributed by atoms with E-state index < -0.39 is 0 Å². The Morgan fingerprint density at radius 1 is 0.912 bits per heavy atom. The van der Waals surface area contributed by atoms with Crippen LogP contribution in [0.1, 0.15) is 56.1 Å². The third kappa shape index (κ3) is 4.58. The molecule has 3 aromatic carbocycles. The van der Waals surface area contributed by atoms with Gasteiger partial charge in [0.05, 0.1) is 37.3 Å². The maximum atomic E-state index is 13.7. The van der Waals surface area contributed by atoms with Crippen LogP contribution in [0.5, 0.6) is 11.5 Å². The molecule has 1 aliphatic rings. The fourth-order valence-electron chi connectivity index (χ4n) is 4.28. The van der Waals surface area contributed by atoms with E-state index in [9.17, 15) is 9.59 Å². The fourth-order valence-corrected chi connectivity index (χ4v) is 4.28. The molecule has 0 saturated carbocycles. The SMILES string of the molecule is CCOC(=O)Cc1ccc(N2Cc3c(c(OC(C)C)c4ccccc4c3OC(C)C)C2=O)cc1. The molecule has 4 rings (SSSR count). The van der Waals surface area contributed by atoms with E-state index in [-0.39, 0.29) is 30.5 Å². The van der Waals surface area contributed by atoms with Crippen molar-refractivity contribution in [2.45, 2.75) is 59.8 Å². The van der Waals surface area contributed by atoms with Crippen LogP contribution in [-0.4, -0.2) is 30.7 Å². The number of nitrogens with zero attached hydrogens (tertiary/aromatic N) is 1. The summed E-state index contributed by atoms with van der Waals surface area (Å²) in [5.41, 5.74) is 2.98. The summed E-state index contributed by atoms with van der Waals surface area (Å²) in [5, 5.41) is 1.80. The van der Waals surface area contributed by atoms with Gasteiger partial charge in [-0.15, -0.1) is 0 Å². The lowest BCUT2D eigenvalue weighted by Crippen LogP contribution is -2.23. The molecule has 0 unspecified atom stereocenters. The summed E-state index contributed by atoms with van der Waals surface area (Å²) in [6, 6.07) is 15.3. The molecule has 3 aromatic rings. The zero-order valence-electron chi connectivity index (χ0n) is 20.4. The van der Waals surface area contributed by atoms with Crippen molar-refractivity contribution < 1.29 is 23.8 Å². The van der Waals surface area contributed by atoms with Crippen LogP contribution in [-0.2, 0) is 22.5 Å². The predicted molar refractivity (Wildman–Crippen MR) is 133 cm³/mol. The van der Waals surface area contributed by atoms with Crippen LogP contribution in [0.2, 0.25) is 0 Å². The first-order valence-electron chi connectivity index (χ1n) is 11.8. The van der Waals surface area contributed by atoms with Gasteiger partial charge in [0.2, 0.25) is 0 Å². The fraction of sp³-hybridized carbons (Fsp3) is 0.357. The molecule has 0 radical (unpaired) electrons. The van der Waals surface area contributed by atoms with Crippen molar-refractivity contribution in [3.8, 4) is 11.5 Å². The molecular formula is C28H31NO5. The molecule has 1 heterocycles. The Hall–Kier alpha value is -3.54. The minimum atomic E-state index is -0.266. The highest BCUT2D eigenvalue weighted by Crippen LogP contribution is 2.46. The summed E-state index contributed by atoms with van der Waals surface area (Å²) in [7, 11) is 0. The largest absolute Gasteiger partial charge is 0.490 e. The van der Waals surface area contributed by atoms with Gasteiger partial charge in [-0.3, -0.25) is 9.59 Å². The molecule has 0 aliphatic carbocycles. The first-order valence-corrected chi connectivity index (χ1v) is 11.8. The van der Waals surface area contributed by atoms with Gasteiger partial charge < -0.3 is 19.1 Å². The Morgan fingerprint density at radius 2 is 1.50 bits per heavy atom. The highest BCUT2D eigenvalue weighted by atomic mass is 16.5. The number of ether oxygens (including phenoxy) is 3. The summed E-state index contributed by atoms with van der Waals surface area (Å²) in [4.78, 5) is 27.3. The normalized spacial score (nSPS) is 13.0. The van der Waals surface area contributed by atoms with Gasteiger partial charge in [0.1, 0.15) is 11.5 Å². The smallest absolute Gasteiger partial charge is 0.310 e. The monoisotopic (exact) mass is 461 g/mol. The lowest BCUT2D eigenvalue weighted by molar-refractivity contribution is -0.142. The van der Waals surface area contributed by atoms with Gasteiger partial charge in [0.25, 0.3) is 5.91 Å². The van der Waals surface area contributed by atoms with E-state index in [1.165, 1.54) is 0 Å². The summed E-state index contributed by atoms with van der Waals surface area (Å²) < 4.78 is 17.5. The molecule has 0 N–H and O–H groups in total. The number of fused-ring (bicyclic) bond motifs is 2. The highest BCUT2D eigenvalue weighted by Gasteiger charge is 2.37. The minimum Gasteiger partial charge on any atom is -0.490 e. The molecule has 1 amide bonds. The second-order valence-corrected chi connectivity index (χ2v) is 8.93. The third-order valence-corrected chi connectivity index (χ3v) is 5.60. The third-order valence-electron chi connectivity index (χ3n) is 5.60. The average molecular weight is 462 g/mol. The molecule has 1 aliphatic heterocycles. The summed E-state index contributed by atoms with van der Waals surface area (Å²) in [5.74, 6) is 0.940. The average Bonchev–Trinajstić information content (AvgIpc) is 3.13. The Bertz CT molecular complexity index is 1210. The number of carbonyl (C=O) groups excluding carboxylic acids is 2. The van der Waals surface area contributed by atoms with E-state index in [2.05, 4.69) is 0 Å². The quantitative estimate of drug-likeness (QED) is 0.404. The molecule has 0 saturated heterocycles. The molecule has 0 aromatic heterocycles. The maximum Gasteiger partial charge on any atom is 0.310 e. The summed E-state index contributed by atoms with van der Waals surface area (Å²) in [6.45, 7) is 10.4. The van der Waals surface area contributed by atoms with Gasteiger partial charge in [-0.1, -0.05) is 36.4 Å². The van der Waals surface area contributed by atoms with Gasteiger partial charge in [0, 0.05) is 22.0 Å². The summed E-state index contributed by atoms with van der Waals surface area (Å²) >= 11 is 0. The minimum absolute atomic E-state index is 0.0457. The van der Waals surface area contributed by atoms with Gasteiger partial charge >= 0.3 is 5.97 Å². The van der Waals surface area contributed by atoms with Gasteiger partial charge in [0.15, 0.2) is 0 Å². The van der Waals surface area contributed by atoms with Crippen molar-refractivity contribution in [2.75, 3.05) is 11.5 Å². The Kier molecular flexibility index (Phi) is 6.77. The van der Waals surface area contributed by atoms with Crippen LogP contribution in [0.25, 0.3) is 10.8 Å². The van der Waals surface area contributed by atoms with Crippen LogP contribution >= 0.6 is 0 Å². The number of rotatable bonds is 8. The van der Waals surface area contributed by atoms with Gasteiger partial charge in [-0.2, -0.15) is 0 Å². The first kappa shape index (κ1) is 23.6. The Labute approximate surface area is 200 Å². The Morgan fingerprint density at radius 3 is 2.09 bits per heavy atom. The summed E-state index contributed by atoms with van der Waals surface area (Å²) in [6.07, 6.45) is 0.0657. The van der Waals surface area contributed by atoms with Gasteiger partial charge in [-0.25, -0.2) is 0 Å². The van der Waals surface area contributed by atoms with Crippen LogP contribution in [0.3, 0.4) is 0 Å². The van der Waals surface area contributed by atoms with Gasteiger partial charge in [-0.05, 0) is 52.3 Å². The second-order valence-electron chi connectivity index (χ2n) is 8.93. The lowest BCUT2D eigenvalue weighted by Gasteiger charge is -2.20. The lowest BCUT2D eigenvalue weighted by atomic mass is 9.99. The van der Waals surface area contributed by atoms with Crippen molar-refractivity contribution in [3.63, 3.8) is 0 Å².